The summed E-state index contributed by atoms with van der Waals surface area (Å²) >= 11 is 21.1. The third-order valence-electron chi connectivity index (χ3n) is 6.15. The highest BCUT2D eigenvalue weighted by Gasteiger charge is 2.19. The monoisotopic (exact) mass is 637 g/mol. The summed E-state index contributed by atoms with van der Waals surface area (Å²) in [6, 6.07) is 26.6. The van der Waals surface area contributed by atoms with Crippen LogP contribution in [0.15, 0.2) is 89.4 Å². The largest absolute Gasteiger partial charge is 0.318 e. The Hall–Kier alpha value is -3.43. The average molecular weight is 639 g/mol. The molecular formula is C29H22BrCl2N5OS. The van der Waals surface area contributed by atoms with E-state index < -0.39 is 5.91 Å². The number of anilines is 1. The SMILES string of the molecule is Cc1cc(-c2cc(NC(=S)NC(=O)c3ccc(Cl)cc3Cl)n(-c3ccccc3)n2)c(C)n1-c1ccc(Br)cc1. The van der Waals surface area contributed by atoms with Gasteiger partial charge in [-0.2, -0.15) is 5.10 Å². The Bertz CT molecular complexity index is 1700. The van der Waals surface area contributed by atoms with Crippen LogP contribution in [0.1, 0.15) is 21.7 Å². The lowest BCUT2D eigenvalue weighted by Crippen LogP contribution is -2.34. The molecule has 2 aromatic heterocycles. The van der Waals surface area contributed by atoms with Gasteiger partial charge in [0.25, 0.3) is 5.91 Å². The predicted molar refractivity (Wildman–Crippen MR) is 166 cm³/mol. The lowest BCUT2D eigenvalue weighted by molar-refractivity contribution is 0.0978. The van der Waals surface area contributed by atoms with Crippen molar-refractivity contribution >= 4 is 68.2 Å². The third kappa shape index (κ3) is 5.79. The van der Waals surface area contributed by atoms with Crippen molar-refractivity contribution in [2.24, 2.45) is 0 Å². The summed E-state index contributed by atoms with van der Waals surface area (Å²) in [6.07, 6.45) is 0. The molecule has 0 fully saturated rings. The van der Waals surface area contributed by atoms with Crippen LogP contribution in [0.25, 0.3) is 22.6 Å². The van der Waals surface area contributed by atoms with E-state index in [1.165, 1.54) is 6.07 Å². The van der Waals surface area contributed by atoms with E-state index in [1.807, 2.05) is 48.5 Å². The highest BCUT2D eigenvalue weighted by atomic mass is 79.9. The molecular weight excluding hydrogens is 617 g/mol. The number of amides is 1. The van der Waals surface area contributed by atoms with Gasteiger partial charge in [-0.15, -0.1) is 0 Å². The van der Waals surface area contributed by atoms with Crippen molar-refractivity contribution in [2.75, 3.05) is 5.32 Å². The van der Waals surface area contributed by atoms with E-state index in [1.54, 1.807) is 16.8 Å². The van der Waals surface area contributed by atoms with Gasteiger partial charge in [0, 0.05) is 38.2 Å². The quantitative estimate of drug-likeness (QED) is 0.191. The highest BCUT2D eigenvalue weighted by molar-refractivity contribution is 9.10. The molecule has 0 saturated heterocycles. The Labute approximate surface area is 249 Å². The van der Waals surface area contributed by atoms with Crippen molar-refractivity contribution in [1.29, 1.82) is 0 Å². The number of halogens is 3. The topological polar surface area (TPSA) is 63.9 Å². The van der Waals surface area contributed by atoms with Gasteiger partial charge in [0.2, 0.25) is 0 Å². The van der Waals surface area contributed by atoms with Crippen molar-refractivity contribution in [3.8, 4) is 22.6 Å². The molecule has 5 rings (SSSR count). The summed E-state index contributed by atoms with van der Waals surface area (Å²) in [5, 5.41) is 11.5. The number of benzene rings is 3. The fourth-order valence-electron chi connectivity index (χ4n) is 4.37. The van der Waals surface area contributed by atoms with E-state index >= 15 is 0 Å². The van der Waals surface area contributed by atoms with E-state index in [9.17, 15) is 4.79 Å². The van der Waals surface area contributed by atoms with E-state index in [0.29, 0.717) is 10.8 Å². The number of para-hydroxylation sites is 1. The molecule has 0 aliphatic carbocycles. The zero-order chi connectivity index (χ0) is 27.7. The maximum atomic E-state index is 12.8. The van der Waals surface area contributed by atoms with Crippen LogP contribution in [0.2, 0.25) is 10.0 Å². The molecule has 5 aromatic rings. The number of carbonyl (C=O) groups is 1. The molecule has 10 heteroatoms. The van der Waals surface area contributed by atoms with Crippen LogP contribution < -0.4 is 10.6 Å². The summed E-state index contributed by atoms with van der Waals surface area (Å²) in [5.41, 5.74) is 6.03. The second-order valence-electron chi connectivity index (χ2n) is 8.79. The number of nitrogens with one attached hydrogen (secondary N) is 2. The molecule has 6 nitrogen and oxygen atoms in total. The Morgan fingerprint density at radius 1 is 0.923 bits per heavy atom. The zero-order valence-electron chi connectivity index (χ0n) is 20.9. The van der Waals surface area contributed by atoms with Gasteiger partial charge >= 0.3 is 0 Å². The molecule has 39 heavy (non-hydrogen) atoms. The summed E-state index contributed by atoms with van der Waals surface area (Å²) in [7, 11) is 0. The Morgan fingerprint density at radius 3 is 2.33 bits per heavy atom. The average Bonchev–Trinajstić information content (AvgIpc) is 3.44. The minimum Gasteiger partial charge on any atom is -0.318 e. The van der Waals surface area contributed by atoms with Crippen LogP contribution in [0.3, 0.4) is 0 Å². The fraction of sp³-hybridized carbons (Fsp3) is 0.0690. The van der Waals surface area contributed by atoms with Crippen molar-refractivity contribution in [2.45, 2.75) is 13.8 Å². The number of aryl methyl sites for hydroxylation is 1. The predicted octanol–water partition coefficient (Wildman–Crippen LogP) is 8.14. The van der Waals surface area contributed by atoms with E-state index in [0.717, 1.165) is 38.5 Å². The normalized spacial score (nSPS) is 10.9. The number of carbonyl (C=O) groups excluding carboxylic acids is 1. The minimum absolute atomic E-state index is 0.106. The Balaban J connectivity index is 1.48. The summed E-state index contributed by atoms with van der Waals surface area (Å²) in [4.78, 5) is 12.8. The second-order valence-corrected chi connectivity index (χ2v) is 11.0. The molecule has 0 atom stereocenters. The van der Waals surface area contributed by atoms with Crippen molar-refractivity contribution < 1.29 is 4.79 Å². The van der Waals surface area contributed by atoms with Gasteiger partial charge in [0.15, 0.2) is 5.11 Å². The van der Waals surface area contributed by atoms with Crippen molar-refractivity contribution in [3.05, 3.63) is 116 Å². The molecule has 0 unspecified atom stereocenters. The molecule has 0 saturated carbocycles. The van der Waals surface area contributed by atoms with Crippen LogP contribution in [-0.2, 0) is 0 Å². The summed E-state index contributed by atoms with van der Waals surface area (Å²) in [6.45, 7) is 4.14. The number of hydrogen-bond acceptors (Lipinski definition) is 3. The van der Waals surface area contributed by atoms with Crippen LogP contribution in [0.4, 0.5) is 5.82 Å². The van der Waals surface area contributed by atoms with Crippen molar-refractivity contribution in [1.82, 2.24) is 19.7 Å². The van der Waals surface area contributed by atoms with Crippen LogP contribution >= 0.6 is 51.3 Å². The lowest BCUT2D eigenvalue weighted by Gasteiger charge is -2.12. The number of nitrogens with zero attached hydrogens (tertiary/aromatic N) is 3. The standard InChI is InChI=1S/C29H22BrCl2N5OS/c1-17-14-24(18(2)36(17)21-11-8-19(30)9-12-21)26-16-27(37(35-26)22-6-4-3-5-7-22)33-29(39)34-28(38)23-13-10-20(31)15-25(23)32/h3-16H,1-2H3,(H2,33,34,38,39). The third-order valence-corrected chi connectivity index (χ3v) is 7.43. The molecule has 196 valence electrons. The highest BCUT2D eigenvalue weighted by Crippen LogP contribution is 2.32. The van der Waals surface area contributed by atoms with E-state index in [-0.39, 0.29) is 15.7 Å². The Kier molecular flexibility index (Phi) is 7.91. The van der Waals surface area contributed by atoms with Gasteiger partial charge in [-0.05, 0) is 86.7 Å². The Morgan fingerprint density at radius 2 is 1.64 bits per heavy atom. The van der Waals surface area contributed by atoms with Crippen molar-refractivity contribution in [3.63, 3.8) is 0 Å². The maximum absolute atomic E-state index is 12.8. The molecule has 2 N–H and O–H groups in total. The number of thiocarbonyl (C=S) groups is 1. The number of rotatable bonds is 5. The lowest BCUT2D eigenvalue weighted by atomic mass is 10.2. The van der Waals surface area contributed by atoms with Crippen LogP contribution in [0.5, 0.6) is 0 Å². The van der Waals surface area contributed by atoms with Crippen LogP contribution in [0, 0.1) is 13.8 Å². The molecule has 0 radical (unpaired) electrons. The fourth-order valence-corrected chi connectivity index (χ4v) is 5.32. The van der Waals surface area contributed by atoms with E-state index in [2.05, 4.69) is 63.2 Å². The molecule has 0 spiro atoms. The first-order valence-corrected chi connectivity index (χ1v) is 13.8. The molecule has 0 aliphatic heterocycles. The first-order chi connectivity index (χ1) is 18.7. The molecule has 3 aromatic carbocycles. The van der Waals surface area contributed by atoms with E-state index in [4.69, 9.17) is 40.5 Å². The molecule has 2 heterocycles. The zero-order valence-corrected chi connectivity index (χ0v) is 24.8. The van der Waals surface area contributed by atoms with Gasteiger partial charge in [-0.1, -0.05) is 57.3 Å². The second kappa shape index (κ2) is 11.4. The maximum Gasteiger partial charge on any atom is 0.258 e. The van der Waals surface area contributed by atoms with Gasteiger partial charge < -0.3 is 9.88 Å². The number of aromatic nitrogens is 3. The van der Waals surface area contributed by atoms with Gasteiger partial charge in [0.1, 0.15) is 5.82 Å². The number of hydrogen-bond donors (Lipinski definition) is 2. The molecule has 0 bridgehead atoms. The van der Waals surface area contributed by atoms with Gasteiger partial charge in [-0.25, -0.2) is 4.68 Å². The molecule has 1 amide bonds. The first kappa shape index (κ1) is 27.1. The molecule has 0 aliphatic rings. The van der Waals surface area contributed by atoms with Crippen LogP contribution in [-0.4, -0.2) is 25.4 Å². The summed E-state index contributed by atoms with van der Waals surface area (Å²) in [5.74, 6) is 0.148. The first-order valence-electron chi connectivity index (χ1n) is 11.9. The van der Waals surface area contributed by atoms with Gasteiger partial charge in [0.05, 0.1) is 22.0 Å². The minimum atomic E-state index is -0.446. The van der Waals surface area contributed by atoms with Gasteiger partial charge in [-0.3, -0.25) is 10.1 Å². The summed E-state index contributed by atoms with van der Waals surface area (Å²) < 4.78 is 4.97. The smallest absolute Gasteiger partial charge is 0.258 e.